The molecule has 1 atom stereocenters. The molecule has 1 heterocycles. The molecule has 2 rings (SSSR count). The third kappa shape index (κ3) is 16.2. The maximum atomic E-state index is 5.68. The van der Waals surface area contributed by atoms with Crippen molar-refractivity contribution in [2.75, 3.05) is 13.2 Å². The second kappa shape index (κ2) is 20.1. The highest BCUT2D eigenvalue weighted by atomic mass is 32.2. The normalized spacial score (nSPS) is 16.7. The molecule has 0 radical (unpaired) electrons. The lowest BCUT2D eigenvalue weighted by Crippen LogP contribution is -2.24. The van der Waals surface area contributed by atoms with Gasteiger partial charge in [-0.05, 0) is 105 Å². The zero-order chi connectivity index (χ0) is 27.4. The Labute approximate surface area is 238 Å². The van der Waals surface area contributed by atoms with Crippen LogP contribution < -0.4 is 0 Å². The Balaban J connectivity index is 1.81. The zero-order valence-electron chi connectivity index (χ0n) is 24.7. The highest BCUT2D eigenvalue weighted by molar-refractivity contribution is 8.00. The van der Waals surface area contributed by atoms with Gasteiger partial charge in [-0.25, -0.2) is 0 Å². The molecule has 2 nitrogen and oxygen atoms in total. The largest absolute Gasteiger partial charge is 0.353 e. The summed E-state index contributed by atoms with van der Waals surface area (Å²) in [4.78, 5) is 1.34. The van der Waals surface area contributed by atoms with Crippen LogP contribution in [0.1, 0.15) is 98.8 Å². The van der Waals surface area contributed by atoms with Gasteiger partial charge in [0.2, 0.25) is 0 Å². The summed E-state index contributed by atoms with van der Waals surface area (Å²) in [6, 6.07) is 10.8. The topological polar surface area (TPSA) is 18.5 Å². The summed E-state index contributed by atoms with van der Waals surface area (Å²) in [6.07, 6.45) is 25.3. The van der Waals surface area contributed by atoms with Gasteiger partial charge in [-0.15, -0.1) is 11.8 Å². The van der Waals surface area contributed by atoms with E-state index in [1.54, 1.807) is 0 Å². The van der Waals surface area contributed by atoms with Crippen molar-refractivity contribution < 1.29 is 9.47 Å². The molecular weight excluding hydrogens is 484 g/mol. The van der Waals surface area contributed by atoms with E-state index in [-0.39, 0.29) is 6.29 Å². The molecule has 1 aliphatic heterocycles. The van der Waals surface area contributed by atoms with Crippen molar-refractivity contribution in [2.45, 2.75) is 115 Å². The molecule has 0 aliphatic carbocycles. The summed E-state index contributed by atoms with van der Waals surface area (Å²) in [5, 5.41) is 0.459. The first-order chi connectivity index (χ1) is 18.4. The number of benzene rings is 1. The summed E-state index contributed by atoms with van der Waals surface area (Å²) in [5.74, 6) is 0. The van der Waals surface area contributed by atoms with E-state index >= 15 is 0 Å². The van der Waals surface area contributed by atoms with Crippen LogP contribution in [0, 0.1) is 0 Å². The minimum Gasteiger partial charge on any atom is -0.353 e. The highest BCUT2D eigenvalue weighted by Gasteiger charge is 2.13. The minimum atomic E-state index is -0.00912. The molecule has 1 saturated heterocycles. The fraction of sp³-hybridized carbons (Fsp3) is 0.543. The summed E-state index contributed by atoms with van der Waals surface area (Å²) in [6.45, 7) is 12.8. The number of unbranched alkanes of at least 4 members (excludes halogenated alkanes) is 1. The van der Waals surface area contributed by atoms with Gasteiger partial charge in [-0.3, -0.25) is 0 Å². The second-order valence-corrected chi connectivity index (χ2v) is 12.1. The van der Waals surface area contributed by atoms with Gasteiger partial charge in [0.15, 0.2) is 6.29 Å². The van der Waals surface area contributed by atoms with Crippen molar-refractivity contribution in [3.63, 3.8) is 0 Å². The van der Waals surface area contributed by atoms with Gasteiger partial charge < -0.3 is 9.47 Å². The van der Waals surface area contributed by atoms with Crippen molar-refractivity contribution in [1.29, 1.82) is 0 Å². The second-order valence-electron chi connectivity index (χ2n) is 10.8. The first kappa shape index (κ1) is 32.4. The number of allylic oxidation sites excluding steroid dienone is 9. The smallest absolute Gasteiger partial charge is 0.157 e. The number of ether oxygens (including phenoxy) is 2. The number of thioether (sulfide) groups is 1. The van der Waals surface area contributed by atoms with E-state index in [2.05, 4.69) is 101 Å². The van der Waals surface area contributed by atoms with E-state index in [4.69, 9.17) is 9.47 Å². The van der Waals surface area contributed by atoms with Crippen molar-refractivity contribution in [3.05, 3.63) is 89.1 Å². The number of rotatable bonds is 17. The Morgan fingerprint density at radius 2 is 1.45 bits per heavy atom. The lowest BCUT2D eigenvalue weighted by atomic mass is 10.1. The van der Waals surface area contributed by atoms with Gasteiger partial charge in [-0.2, -0.15) is 0 Å². The highest BCUT2D eigenvalue weighted by Crippen LogP contribution is 2.28. The average Bonchev–Trinajstić information content (AvgIpc) is 2.90. The van der Waals surface area contributed by atoms with Gasteiger partial charge in [-0.1, -0.05) is 76.9 Å². The van der Waals surface area contributed by atoms with Crippen molar-refractivity contribution in [3.8, 4) is 0 Å². The number of hydrogen-bond acceptors (Lipinski definition) is 3. The molecule has 210 valence electrons. The Morgan fingerprint density at radius 1 is 0.789 bits per heavy atom. The minimum absolute atomic E-state index is 0.00912. The number of hydrogen-bond donors (Lipinski definition) is 0. The Bertz CT molecular complexity index is 913. The molecule has 0 spiro atoms. The Kier molecular flexibility index (Phi) is 17.2. The van der Waals surface area contributed by atoms with Gasteiger partial charge in [0, 0.05) is 16.6 Å². The summed E-state index contributed by atoms with van der Waals surface area (Å²) < 4.78 is 11.4. The summed E-state index contributed by atoms with van der Waals surface area (Å²) in [7, 11) is 0. The molecule has 3 heteroatoms. The predicted molar refractivity (Wildman–Crippen MR) is 168 cm³/mol. The van der Waals surface area contributed by atoms with E-state index in [1.165, 1.54) is 33.6 Å². The van der Waals surface area contributed by atoms with Crippen molar-refractivity contribution in [2.24, 2.45) is 0 Å². The molecule has 1 aromatic carbocycles. The Morgan fingerprint density at radius 3 is 2.18 bits per heavy atom. The molecule has 0 aromatic heterocycles. The molecule has 0 saturated carbocycles. The molecule has 1 aromatic rings. The van der Waals surface area contributed by atoms with E-state index in [9.17, 15) is 0 Å². The standard InChI is InChI=1S/C35H52O2S/c1-29(2)16-13-18-30(3)17-9-6-7-10-23-34(38-33-21-11-8-12-22-33)28-32(5)20-14-19-31(4)24-25-35-36-26-15-27-37-35/h7-8,10-12,16-17,19,21-22,28,34-35H,6,9,13-15,18,20,23-27H2,1-5H3/b10-7+,30-17+,31-19+,32-28+. The lowest BCUT2D eigenvalue weighted by molar-refractivity contribution is -0.180. The Hall–Kier alpha value is -1.81. The van der Waals surface area contributed by atoms with Crippen molar-refractivity contribution in [1.82, 2.24) is 0 Å². The van der Waals surface area contributed by atoms with Gasteiger partial charge in [0.05, 0.1) is 13.2 Å². The van der Waals surface area contributed by atoms with E-state index < -0.39 is 0 Å². The fourth-order valence-electron chi connectivity index (χ4n) is 4.39. The maximum absolute atomic E-state index is 5.68. The van der Waals surface area contributed by atoms with Crippen LogP contribution >= 0.6 is 11.8 Å². The van der Waals surface area contributed by atoms with Gasteiger partial charge >= 0.3 is 0 Å². The van der Waals surface area contributed by atoms with E-state index in [1.807, 2.05) is 11.8 Å². The summed E-state index contributed by atoms with van der Waals surface area (Å²) >= 11 is 1.97. The molecule has 0 bridgehead atoms. The maximum Gasteiger partial charge on any atom is 0.157 e. The third-order valence-corrected chi connectivity index (χ3v) is 7.83. The predicted octanol–water partition coefficient (Wildman–Crippen LogP) is 10.8. The average molecular weight is 537 g/mol. The fourth-order valence-corrected chi connectivity index (χ4v) is 5.56. The van der Waals surface area contributed by atoms with Crippen LogP contribution in [-0.2, 0) is 9.47 Å². The van der Waals surface area contributed by atoms with Gasteiger partial charge in [0.1, 0.15) is 0 Å². The lowest BCUT2D eigenvalue weighted by Gasteiger charge is -2.23. The summed E-state index contributed by atoms with van der Waals surface area (Å²) in [5.41, 5.74) is 5.84. The van der Waals surface area contributed by atoms with E-state index in [0.29, 0.717) is 5.25 Å². The van der Waals surface area contributed by atoms with Crippen LogP contribution in [0.4, 0.5) is 0 Å². The molecule has 1 aliphatic rings. The molecule has 0 N–H and O–H groups in total. The SMILES string of the molecule is CC(C)=CCC/C(C)=C/CC/C=C/CC(/C=C(\C)CC/C=C(\C)CCC1OCCCO1)Sc1ccccc1. The zero-order valence-corrected chi connectivity index (χ0v) is 25.5. The first-order valence-electron chi connectivity index (χ1n) is 14.6. The molecule has 0 amide bonds. The van der Waals surface area contributed by atoms with Gasteiger partial charge in [0.25, 0.3) is 0 Å². The van der Waals surface area contributed by atoms with Crippen LogP contribution in [0.25, 0.3) is 0 Å². The van der Waals surface area contributed by atoms with Crippen LogP contribution in [0.3, 0.4) is 0 Å². The first-order valence-corrected chi connectivity index (χ1v) is 15.5. The van der Waals surface area contributed by atoms with Crippen LogP contribution in [0.15, 0.2) is 94.0 Å². The van der Waals surface area contributed by atoms with Crippen LogP contribution in [-0.4, -0.2) is 24.8 Å². The van der Waals surface area contributed by atoms with Crippen LogP contribution in [0.5, 0.6) is 0 Å². The molecular formula is C35H52O2S. The quantitative estimate of drug-likeness (QED) is 0.112. The van der Waals surface area contributed by atoms with E-state index in [0.717, 1.165) is 71.0 Å². The molecule has 1 fully saturated rings. The van der Waals surface area contributed by atoms with Crippen LogP contribution in [0.2, 0.25) is 0 Å². The molecule has 38 heavy (non-hydrogen) atoms. The monoisotopic (exact) mass is 536 g/mol. The third-order valence-electron chi connectivity index (χ3n) is 6.66. The molecule has 1 unspecified atom stereocenters. The van der Waals surface area contributed by atoms with Crippen molar-refractivity contribution >= 4 is 11.8 Å².